The number of hydrogen-bond donors (Lipinski definition) is 3. The number of benzene rings is 2. The summed E-state index contributed by atoms with van der Waals surface area (Å²) >= 11 is 0. The van der Waals surface area contributed by atoms with E-state index in [-0.39, 0.29) is 23.7 Å². The molecule has 1 aliphatic heterocycles. The molecule has 2 aliphatic rings. The monoisotopic (exact) mass is 367 g/mol. The molecule has 1 fully saturated rings. The predicted molar refractivity (Wildman–Crippen MR) is 106 cm³/mol. The summed E-state index contributed by atoms with van der Waals surface area (Å²) in [5, 5.41) is 23.9. The van der Waals surface area contributed by atoms with Gasteiger partial charge >= 0.3 is 0 Å². The van der Waals surface area contributed by atoms with Gasteiger partial charge in [-0.3, -0.25) is 0 Å². The van der Waals surface area contributed by atoms with Gasteiger partial charge in [0.2, 0.25) is 0 Å². The number of ether oxygens (including phenoxy) is 1. The van der Waals surface area contributed by atoms with Crippen LogP contribution in [0.25, 0.3) is 0 Å². The molecule has 3 N–H and O–H groups in total. The molecule has 0 aromatic heterocycles. The number of aromatic hydroxyl groups is 2. The summed E-state index contributed by atoms with van der Waals surface area (Å²) in [7, 11) is 0. The van der Waals surface area contributed by atoms with Crippen LogP contribution in [0.1, 0.15) is 54.9 Å². The van der Waals surface area contributed by atoms with Crippen LogP contribution in [0, 0.1) is 5.92 Å². The third kappa shape index (κ3) is 4.12. The summed E-state index contributed by atoms with van der Waals surface area (Å²) < 4.78 is 6.53. The highest BCUT2D eigenvalue weighted by Gasteiger charge is 2.35. The van der Waals surface area contributed by atoms with E-state index in [4.69, 9.17) is 4.74 Å². The molecule has 4 heteroatoms. The van der Waals surface area contributed by atoms with Gasteiger partial charge in [-0.05, 0) is 36.0 Å². The third-order valence-electron chi connectivity index (χ3n) is 6.07. The van der Waals surface area contributed by atoms with Crippen LogP contribution in [-0.4, -0.2) is 22.9 Å². The Balaban J connectivity index is 1.51. The topological polar surface area (TPSA) is 61.7 Å². The van der Waals surface area contributed by atoms with E-state index >= 15 is 0 Å². The van der Waals surface area contributed by atoms with Gasteiger partial charge in [-0.1, -0.05) is 55.7 Å². The molecule has 27 heavy (non-hydrogen) atoms. The molecule has 2 aromatic rings. The van der Waals surface area contributed by atoms with Gasteiger partial charge < -0.3 is 20.3 Å². The molecule has 4 rings (SSSR count). The summed E-state index contributed by atoms with van der Waals surface area (Å²) in [6.07, 6.45) is 6.95. The Morgan fingerprint density at radius 2 is 1.74 bits per heavy atom. The average molecular weight is 367 g/mol. The smallest absolute Gasteiger partial charge is 0.161 e. The van der Waals surface area contributed by atoms with E-state index in [9.17, 15) is 10.2 Å². The first-order valence-electron chi connectivity index (χ1n) is 10.2. The maximum atomic E-state index is 10.5. The van der Waals surface area contributed by atoms with Gasteiger partial charge in [-0.15, -0.1) is 0 Å². The Labute approximate surface area is 161 Å². The first kappa shape index (κ1) is 18.3. The second-order valence-electron chi connectivity index (χ2n) is 7.88. The van der Waals surface area contributed by atoms with Crippen LogP contribution in [-0.2, 0) is 17.7 Å². The van der Waals surface area contributed by atoms with Crippen molar-refractivity contribution in [1.29, 1.82) is 0 Å². The lowest BCUT2D eigenvalue weighted by atomic mass is 9.80. The molecule has 4 nitrogen and oxygen atoms in total. The van der Waals surface area contributed by atoms with Gasteiger partial charge in [0.15, 0.2) is 11.5 Å². The molecule has 2 atom stereocenters. The zero-order valence-electron chi connectivity index (χ0n) is 15.7. The van der Waals surface area contributed by atoms with Crippen LogP contribution < -0.4 is 5.32 Å². The Kier molecular flexibility index (Phi) is 5.65. The largest absolute Gasteiger partial charge is 0.504 e. The molecule has 1 saturated carbocycles. The summed E-state index contributed by atoms with van der Waals surface area (Å²) in [5.41, 5.74) is 3.10. The fourth-order valence-corrected chi connectivity index (χ4v) is 4.57. The van der Waals surface area contributed by atoms with Crippen molar-refractivity contribution in [3.63, 3.8) is 0 Å². The van der Waals surface area contributed by atoms with Crippen LogP contribution in [0.4, 0.5) is 0 Å². The summed E-state index contributed by atoms with van der Waals surface area (Å²) in [5.74, 6) is 0.545. The number of nitrogens with one attached hydrogen (secondary N) is 1. The van der Waals surface area contributed by atoms with Crippen molar-refractivity contribution in [3.8, 4) is 11.5 Å². The molecule has 144 valence electrons. The third-order valence-corrected chi connectivity index (χ3v) is 6.07. The van der Waals surface area contributed by atoms with E-state index in [0.717, 1.165) is 17.7 Å². The molecule has 0 spiro atoms. The molecule has 0 unspecified atom stereocenters. The van der Waals surface area contributed by atoms with Crippen molar-refractivity contribution in [1.82, 2.24) is 5.32 Å². The number of phenolic OH excluding ortho intramolecular Hbond substituents is 2. The number of rotatable bonds is 5. The highest BCUT2D eigenvalue weighted by Crippen LogP contribution is 2.43. The Hall–Kier alpha value is -2.04. The molecule has 1 heterocycles. The molecular formula is C23H29NO3. The maximum absolute atomic E-state index is 10.5. The van der Waals surface area contributed by atoms with Crippen molar-refractivity contribution >= 4 is 0 Å². The lowest BCUT2D eigenvalue weighted by Gasteiger charge is -2.38. The first-order valence-corrected chi connectivity index (χ1v) is 10.2. The van der Waals surface area contributed by atoms with Gasteiger partial charge in [-0.2, -0.15) is 0 Å². The molecule has 0 saturated heterocycles. The van der Waals surface area contributed by atoms with E-state index in [1.165, 1.54) is 37.7 Å². The molecule has 2 aromatic carbocycles. The van der Waals surface area contributed by atoms with E-state index in [1.54, 1.807) is 6.07 Å². The number of hydrogen-bond acceptors (Lipinski definition) is 4. The van der Waals surface area contributed by atoms with Crippen molar-refractivity contribution in [3.05, 3.63) is 59.2 Å². The molecular weight excluding hydrogens is 338 g/mol. The normalized spacial score (nSPS) is 23.1. The Morgan fingerprint density at radius 3 is 2.52 bits per heavy atom. The Bertz CT molecular complexity index is 756. The summed E-state index contributed by atoms with van der Waals surface area (Å²) in [4.78, 5) is 0. The summed E-state index contributed by atoms with van der Waals surface area (Å²) in [6.45, 7) is 1.48. The van der Waals surface area contributed by atoms with Crippen LogP contribution in [0.2, 0.25) is 0 Å². The maximum Gasteiger partial charge on any atom is 0.161 e. The quantitative estimate of drug-likeness (QED) is 0.683. The minimum absolute atomic E-state index is 0.0321. The highest BCUT2D eigenvalue weighted by molar-refractivity contribution is 5.51. The number of fused-ring (bicyclic) bond motifs is 1. The highest BCUT2D eigenvalue weighted by atomic mass is 16.5. The predicted octanol–water partition coefficient (Wildman–Crippen LogP) is 4.45. The fourth-order valence-electron chi connectivity index (χ4n) is 4.57. The van der Waals surface area contributed by atoms with Crippen molar-refractivity contribution in [2.75, 3.05) is 6.54 Å². The van der Waals surface area contributed by atoms with Crippen LogP contribution in [0.15, 0.2) is 42.5 Å². The average Bonchev–Trinajstić information content (AvgIpc) is 2.72. The van der Waals surface area contributed by atoms with Gasteiger partial charge in [0.25, 0.3) is 0 Å². The van der Waals surface area contributed by atoms with Crippen molar-refractivity contribution < 1.29 is 14.9 Å². The van der Waals surface area contributed by atoms with Crippen LogP contribution in [0.3, 0.4) is 0 Å². The van der Waals surface area contributed by atoms with Gasteiger partial charge in [0.05, 0.1) is 12.2 Å². The summed E-state index contributed by atoms with van der Waals surface area (Å²) in [6, 6.07) is 13.8. The zero-order chi connectivity index (χ0) is 18.6. The molecule has 0 bridgehead atoms. The first-order chi connectivity index (χ1) is 13.2. The number of phenols is 2. The van der Waals surface area contributed by atoms with Crippen LogP contribution >= 0.6 is 0 Å². The van der Waals surface area contributed by atoms with E-state index in [2.05, 4.69) is 17.4 Å². The van der Waals surface area contributed by atoms with E-state index < -0.39 is 0 Å². The standard InChI is InChI=1S/C23H29NO3/c25-20-12-11-18-19(23(20)26)13-21(17-9-5-2-6-10-17)27-22(18)15-24-14-16-7-3-1-4-8-16/h1,3-4,7-8,11-12,17,21-22,24-26H,2,5-6,9-10,13-15H2/t21-,22-/m1/s1. The van der Waals surface area contributed by atoms with Crippen LogP contribution in [0.5, 0.6) is 11.5 Å². The van der Waals surface area contributed by atoms with E-state index in [1.807, 2.05) is 24.3 Å². The van der Waals surface area contributed by atoms with Gasteiger partial charge in [-0.25, -0.2) is 0 Å². The lowest BCUT2D eigenvalue weighted by molar-refractivity contribution is -0.0627. The second-order valence-corrected chi connectivity index (χ2v) is 7.88. The van der Waals surface area contributed by atoms with Gasteiger partial charge in [0, 0.05) is 25.1 Å². The SMILES string of the molecule is Oc1ccc2c(c1O)C[C@H](C1CCCCC1)O[C@@H]2CNCc1ccccc1. The minimum atomic E-state index is -0.101. The zero-order valence-corrected chi connectivity index (χ0v) is 15.7. The molecule has 0 radical (unpaired) electrons. The van der Waals surface area contributed by atoms with Gasteiger partial charge in [0.1, 0.15) is 0 Å². The second kappa shape index (κ2) is 8.32. The lowest BCUT2D eigenvalue weighted by Crippen LogP contribution is -2.37. The van der Waals surface area contributed by atoms with Crippen molar-refractivity contribution in [2.45, 2.75) is 57.3 Å². The van der Waals surface area contributed by atoms with E-state index in [0.29, 0.717) is 18.9 Å². The minimum Gasteiger partial charge on any atom is -0.504 e. The Morgan fingerprint density at radius 1 is 0.963 bits per heavy atom. The molecule has 0 amide bonds. The van der Waals surface area contributed by atoms with Crippen molar-refractivity contribution in [2.24, 2.45) is 5.92 Å². The fraction of sp³-hybridized carbons (Fsp3) is 0.478. The molecule has 1 aliphatic carbocycles.